The Bertz CT molecular complexity index is 545. The molecule has 19 heavy (non-hydrogen) atoms. The highest BCUT2D eigenvalue weighted by Gasteiger charge is 2.27. The molecule has 0 bridgehead atoms. The number of hydrogen-bond donors (Lipinski definition) is 1. The molecule has 0 amide bonds. The quantitative estimate of drug-likeness (QED) is 0.932. The van der Waals surface area contributed by atoms with Crippen LogP contribution in [0.4, 0.5) is 0 Å². The zero-order chi connectivity index (χ0) is 14.0. The zero-order valence-corrected chi connectivity index (χ0v) is 11.9. The second-order valence-corrected chi connectivity index (χ2v) is 5.33. The Hall–Kier alpha value is -1.46. The maximum absolute atomic E-state index is 6.06. The normalized spacial score (nSPS) is 14.6. The van der Waals surface area contributed by atoms with E-state index in [4.69, 9.17) is 21.9 Å². The molecule has 2 heterocycles. The predicted molar refractivity (Wildman–Crippen MR) is 73.8 cm³/mol. The van der Waals surface area contributed by atoms with Crippen LogP contribution in [0.15, 0.2) is 22.9 Å². The summed E-state index contributed by atoms with van der Waals surface area (Å²) in [7, 11) is 0. The molecule has 0 saturated heterocycles. The number of hydrogen-bond acceptors (Lipinski definition) is 5. The average molecular weight is 281 g/mol. The molecule has 102 valence electrons. The minimum absolute atomic E-state index is 0.0173. The molecule has 0 aliphatic heterocycles. The molecule has 0 radical (unpaired) electrons. The first-order chi connectivity index (χ1) is 9.00. The molecule has 0 fully saturated rings. The summed E-state index contributed by atoms with van der Waals surface area (Å²) in [5, 5.41) is 4.44. The SMILES string of the molecule is CC(C)C(c1nc(-c2ncccc2Cl)no1)C(C)N. The summed E-state index contributed by atoms with van der Waals surface area (Å²) < 4.78 is 5.32. The van der Waals surface area contributed by atoms with Gasteiger partial charge in [0.1, 0.15) is 5.69 Å². The number of aromatic nitrogens is 3. The van der Waals surface area contributed by atoms with Crippen molar-refractivity contribution in [3.8, 4) is 11.5 Å². The van der Waals surface area contributed by atoms with E-state index in [1.165, 1.54) is 0 Å². The molecule has 0 aliphatic rings. The Kier molecular flexibility index (Phi) is 4.17. The van der Waals surface area contributed by atoms with Gasteiger partial charge in [-0.3, -0.25) is 4.98 Å². The fourth-order valence-electron chi connectivity index (χ4n) is 2.13. The number of nitrogens with two attached hydrogens (primary N) is 1. The Morgan fingerprint density at radius 3 is 2.63 bits per heavy atom. The second kappa shape index (κ2) is 5.67. The van der Waals surface area contributed by atoms with Crippen molar-refractivity contribution in [2.75, 3.05) is 0 Å². The third kappa shape index (κ3) is 2.93. The zero-order valence-electron chi connectivity index (χ0n) is 11.2. The van der Waals surface area contributed by atoms with Crippen molar-refractivity contribution < 1.29 is 4.52 Å². The number of pyridine rings is 1. The predicted octanol–water partition coefficient (Wildman–Crippen LogP) is 2.87. The van der Waals surface area contributed by atoms with Crippen LogP contribution in [-0.4, -0.2) is 21.2 Å². The van der Waals surface area contributed by atoms with Crippen LogP contribution in [0.1, 0.15) is 32.6 Å². The molecule has 0 aliphatic carbocycles. The van der Waals surface area contributed by atoms with Gasteiger partial charge >= 0.3 is 0 Å². The van der Waals surface area contributed by atoms with Crippen LogP contribution in [0.2, 0.25) is 5.02 Å². The first kappa shape index (κ1) is 14.0. The third-order valence-corrected chi connectivity index (χ3v) is 3.29. The van der Waals surface area contributed by atoms with Crippen LogP contribution in [0.3, 0.4) is 0 Å². The molecule has 5 nitrogen and oxygen atoms in total. The molecule has 2 unspecified atom stereocenters. The molecular formula is C13H17ClN4O. The molecular weight excluding hydrogens is 264 g/mol. The standard InChI is InChI=1S/C13H17ClN4O/c1-7(2)10(8(3)15)13-17-12(18-19-13)11-9(14)5-4-6-16-11/h4-8,10H,15H2,1-3H3. The third-order valence-electron chi connectivity index (χ3n) is 2.98. The average Bonchev–Trinajstić information content (AvgIpc) is 2.77. The van der Waals surface area contributed by atoms with Crippen LogP contribution >= 0.6 is 11.6 Å². The van der Waals surface area contributed by atoms with Crippen molar-refractivity contribution in [3.05, 3.63) is 29.2 Å². The molecule has 2 rings (SSSR count). The Balaban J connectivity index is 2.36. The highest BCUT2D eigenvalue weighted by Crippen LogP contribution is 2.29. The van der Waals surface area contributed by atoms with Crippen molar-refractivity contribution in [3.63, 3.8) is 0 Å². The Labute approximate surface area is 117 Å². The summed E-state index contributed by atoms with van der Waals surface area (Å²) in [6.45, 7) is 6.08. The van der Waals surface area contributed by atoms with E-state index in [-0.39, 0.29) is 12.0 Å². The maximum Gasteiger partial charge on any atom is 0.231 e. The molecule has 0 spiro atoms. The van der Waals surface area contributed by atoms with Crippen LogP contribution in [0.5, 0.6) is 0 Å². The van der Waals surface area contributed by atoms with Crippen LogP contribution < -0.4 is 5.73 Å². The molecule has 6 heteroatoms. The largest absolute Gasteiger partial charge is 0.339 e. The van der Waals surface area contributed by atoms with Gasteiger partial charge in [0.2, 0.25) is 11.7 Å². The molecule has 2 aromatic rings. The van der Waals surface area contributed by atoms with Gasteiger partial charge in [0, 0.05) is 12.2 Å². The van der Waals surface area contributed by atoms with Crippen molar-refractivity contribution in [1.29, 1.82) is 0 Å². The molecule has 0 aromatic carbocycles. The van der Waals surface area contributed by atoms with E-state index in [0.29, 0.717) is 28.3 Å². The van der Waals surface area contributed by atoms with Gasteiger partial charge in [0.15, 0.2) is 0 Å². The van der Waals surface area contributed by atoms with E-state index in [1.54, 1.807) is 18.3 Å². The fraction of sp³-hybridized carbons (Fsp3) is 0.462. The fourth-order valence-corrected chi connectivity index (χ4v) is 2.34. The van der Waals surface area contributed by atoms with E-state index in [2.05, 4.69) is 29.0 Å². The first-order valence-electron chi connectivity index (χ1n) is 6.20. The summed E-state index contributed by atoms with van der Waals surface area (Å²) in [5.41, 5.74) is 6.50. The lowest BCUT2D eigenvalue weighted by atomic mass is 9.90. The minimum Gasteiger partial charge on any atom is -0.339 e. The van der Waals surface area contributed by atoms with Crippen LogP contribution in [0, 0.1) is 5.92 Å². The molecule has 2 aromatic heterocycles. The lowest BCUT2D eigenvalue weighted by molar-refractivity contribution is 0.300. The van der Waals surface area contributed by atoms with Crippen molar-refractivity contribution >= 4 is 11.6 Å². The summed E-state index contributed by atoms with van der Waals surface area (Å²) in [5.74, 6) is 1.25. The van der Waals surface area contributed by atoms with Crippen molar-refractivity contribution in [2.45, 2.75) is 32.7 Å². The minimum atomic E-state index is -0.0625. The first-order valence-corrected chi connectivity index (χ1v) is 6.58. The van der Waals surface area contributed by atoms with E-state index >= 15 is 0 Å². The summed E-state index contributed by atoms with van der Waals surface area (Å²) >= 11 is 6.06. The van der Waals surface area contributed by atoms with Gasteiger partial charge in [0.05, 0.1) is 10.9 Å². The molecule has 2 N–H and O–H groups in total. The van der Waals surface area contributed by atoms with Gasteiger partial charge in [-0.2, -0.15) is 4.98 Å². The smallest absolute Gasteiger partial charge is 0.231 e. The maximum atomic E-state index is 6.06. The molecule has 2 atom stereocenters. The lowest BCUT2D eigenvalue weighted by Crippen LogP contribution is -2.28. The van der Waals surface area contributed by atoms with E-state index in [9.17, 15) is 0 Å². The van der Waals surface area contributed by atoms with Gasteiger partial charge in [-0.05, 0) is 25.0 Å². The summed E-state index contributed by atoms with van der Waals surface area (Å²) in [6.07, 6.45) is 1.64. The van der Waals surface area contributed by atoms with Crippen LogP contribution in [0.25, 0.3) is 11.5 Å². The number of nitrogens with zero attached hydrogens (tertiary/aromatic N) is 3. The van der Waals surface area contributed by atoms with Gasteiger partial charge in [-0.25, -0.2) is 0 Å². The van der Waals surface area contributed by atoms with Gasteiger partial charge in [0.25, 0.3) is 0 Å². The summed E-state index contributed by atoms with van der Waals surface area (Å²) in [6, 6.07) is 3.43. The Morgan fingerprint density at radius 2 is 2.05 bits per heavy atom. The molecule has 0 saturated carbocycles. The highest BCUT2D eigenvalue weighted by molar-refractivity contribution is 6.32. The lowest BCUT2D eigenvalue weighted by Gasteiger charge is -2.20. The van der Waals surface area contributed by atoms with Crippen molar-refractivity contribution in [1.82, 2.24) is 15.1 Å². The summed E-state index contributed by atoms with van der Waals surface area (Å²) in [4.78, 5) is 8.54. The van der Waals surface area contributed by atoms with Crippen LogP contribution in [-0.2, 0) is 0 Å². The monoisotopic (exact) mass is 280 g/mol. The van der Waals surface area contributed by atoms with Gasteiger partial charge < -0.3 is 10.3 Å². The van der Waals surface area contributed by atoms with Gasteiger partial charge in [-0.15, -0.1) is 0 Å². The van der Waals surface area contributed by atoms with Crippen molar-refractivity contribution in [2.24, 2.45) is 11.7 Å². The van der Waals surface area contributed by atoms with Gasteiger partial charge in [-0.1, -0.05) is 30.6 Å². The number of rotatable bonds is 4. The van der Waals surface area contributed by atoms with E-state index in [0.717, 1.165) is 0 Å². The second-order valence-electron chi connectivity index (χ2n) is 4.92. The van der Waals surface area contributed by atoms with E-state index in [1.807, 2.05) is 6.92 Å². The highest BCUT2D eigenvalue weighted by atomic mass is 35.5. The Morgan fingerprint density at radius 1 is 1.32 bits per heavy atom. The number of halogens is 1. The van der Waals surface area contributed by atoms with E-state index < -0.39 is 0 Å². The topological polar surface area (TPSA) is 77.8 Å².